The Balaban J connectivity index is 2.80. The molecule has 0 saturated heterocycles. The number of hydrogen-bond acceptors (Lipinski definition) is 5. The van der Waals surface area contributed by atoms with Gasteiger partial charge in [0.05, 0.1) is 6.61 Å². The van der Waals surface area contributed by atoms with E-state index < -0.39 is 0 Å². The molecule has 1 aromatic rings. The Morgan fingerprint density at radius 3 is 2.82 bits per heavy atom. The van der Waals surface area contributed by atoms with Crippen LogP contribution in [-0.4, -0.2) is 35.7 Å². The lowest BCUT2D eigenvalue weighted by molar-refractivity contribution is 0.304. The van der Waals surface area contributed by atoms with Crippen molar-refractivity contribution in [3.8, 4) is 5.88 Å². The topological polar surface area (TPSA) is 64.3 Å². The summed E-state index contributed by atoms with van der Waals surface area (Å²) >= 11 is 0. The molecule has 96 valence electrons. The van der Waals surface area contributed by atoms with Crippen LogP contribution in [0.15, 0.2) is 12.3 Å². The fourth-order valence-corrected chi connectivity index (χ4v) is 1.49. The van der Waals surface area contributed by atoms with E-state index in [0.717, 1.165) is 13.0 Å². The first-order valence-electron chi connectivity index (χ1n) is 6.11. The molecule has 0 fully saturated rings. The van der Waals surface area contributed by atoms with Crippen molar-refractivity contribution in [1.29, 1.82) is 0 Å². The molecule has 0 bridgehead atoms. The fraction of sp³-hybridized carbons (Fsp3) is 0.667. The molecular formula is C12H22N4O. The van der Waals surface area contributed by atoms with Crippen LogP contribution < -0.4 is 15.4 Å². The summed E-state index contributed by atoms with van der Waals surface area (Å²) in [5.41, 5.74) is 5.59. The summed E-state index contributed by atoms with van der Waals surface area (Å²) in [4.78, 5) is 10.7. The molecule has 0 spiro atoms. The second-order valence-electron chi connectivity index (χ2n) is 4.12. The van der Waals surface area contributed by atoms with E-state index >= 15 is 0 Å². The summed E-state index contributed by atoms with van der Waals surface area (Å²) in [5.74, 6) is 1.30. The highest BCUT2D eigenvalue weighted by Crippen LogP contribution is 2.14. The van der Waals surface area contributed by atoms with Crippen LogP contribution in [0.25, 0.3) is 0 Å². The molecule has 5 heteroatoms. The molecule has 1 rings (SSSR count). The molecule has 17 heavy (non-hydrogen) atoms. The summed E-state index contributed by atoms with van der Waals surface area (Å²) < 4.78 is 5.49. The molecule has 5 nitrogen and oxygen atoms in total. The third-order valence-corrected chi connectivity index (χ3v) is 2.32. The van der Waals surface area contributed by atoms with Crippen LogP contribution in [0.4, 0.5) is 5.95 Å². The molecule has 0 aliphatic heterocycles. The van der Waals surface area contributed by atoms with Crippen molar-refractivity contribution in [2.45, 2.75) is 33.2 Å². The van der Waals surface area contributed by atoms with E-state index in [1.807, 2.05) is 0 Å². The molecule has 1 aromatic heterocycles. The van der Waals surface area contributed by atoms with Crippen molar-refractivity contribution in [2.75, 3.05) is 24.6 Å². The van der Waals surface area contributed by atoms with Crippen molar-refractivity contribution in [1.82, 2.24) is 9.97 Å². The minimum atomic E-state index is 0.319. The molecule has 0 aromatic carbocycles. The highest BCUT2D eigenvalue weighted by Gasteiger charge is 2.13. The van der Waals surface area contributed by atoms with E-state index in [-0.39, 0.29) is 0 Å². The third kappa shape index (κ3) is 4.19. The third-order valence-electron chi connectivity index (χ3n) is 2.32. The van der Waals surface area contributed by atoms with Gasteiger partial charge in [-0.25, -0.2) is 4.98 Å². The quantitative estimate of drug-likeness (QED) is 0.778. The maximum Gasteiger partial charge on any atom is 0.228 e. The second-order valence-corrected chi connectivity index (χ2v) is 4.12. The van der Waals surface area contributed by atoms with Gasteiger partial charge in [-0.05, 0) is 20.3 Å². The van der Waals surface area contributed by atoms with Crippen molar-refractivity contribution in [2.24, 2.45) is 5.73 Å². The molecule has 2 N–H and O–H groups in total. The van der Waals surface area contributed by atoms with E-state index in [1.165, 1.54) is 0 Å². The average molecular weight is 238 g/mol. The number of nitrogens with two attached hydrogens (primary N) is 1. The first kappa shape index (κ1) is 13.7. The van der Waals surface area contributed by atoms with Crippen molar-refractivity contribution >= 4 is 5.95 Å². The summed E-state index contributed by atoms with van der Waals surface area (Å²) in [6, 6.07) is 2.10. The first-order valence-corrected chi connectivity index (χ1v) is 6.11. The summed E-state index contributed by atoms with van der Waals surface area (Å²) in [6.45, 7) is 8.26. The minimum Gasteiger partial charge on any atom is -0.478 e. The zero-order valence-corrected chi connectivity index (χ0v) is 10.9. The maximum atomic E-state index is 5.59. The second kappa shape index (κ2) is 7.06. The predicted molar refractivity (Wildman–Crippen MR) is 69.4 cm³/mol. The zero-order valence-electron chi connectivity index (χ0n) is 10.9. The number of ether oxygens (including phenoxy) is 1. The summed E-state index contributed by atoms with van der Waals surface area (Å²) in [7, 11) is 0. The van der Waals surface area contributed by atoms with E-state index in [4.69, 9.17) is 10.5 Å². The summed E-state index contributed by atoms with van der Waals surface area (Å²) in [5, 5.41) is 0. The molecule has 0 aliphatic rings. The van der Waals surface area contributed by atoms with Crippen LogP contribution in [0.3, 0.4) is 0 Å². The lowest BCUT2D eigenvalue weighted by atomic mass is 10.3. The molecular weight excluding hydrogens is 216 g/mol. The maximum absolute atomic E-state index is 5.59. The molecule has 0 saturated carbocycles. The Morgan fingerprint density at radius 2 is 2.24 bits per heavy atom. The highest BCUT2D eigenvalue weighted by molar-refractivity contribution is 5.33. The van der Waals surface area contributed by atoms with Gasteiger partial charge in [0, 0.05) is 31.4 Å². The lowest BCUT2D eigenvalue weighted by Crippen LogP contribution is -2.36. The monoisotopic (exact) mass is 238 g/mol. The SMILES string of the molecule is CCCOc1ccnc(N(CCN)C(C)C)n1. The standard InChI is InChI=1S/C12H22N4O/c1-4-9-17-11-5-7-14-12(15-11)16(8-6-13)10(2)3/h5,7,10H,4,6,8-9,13H2,1-3H3. The molecule has 0 atom stereocenters. The van der Waals surface area contributed by atoms with Gasteiger partial charge in [-0.15, -0.1) is 0 Å². The van der Waals surface area contributed by atoms with Crippen molar-refractivity contribution in [3.63, 3.8) is 0 Å². The van der Waals surface area contributed by atoms with E-state index in [9.17, 15) is 0 Å². The Hall–Kier alpha value is -1.36. The van der Waals surface area contributed by atoms with Crippen molar-refractivity contribution < 1.29 is 4.74 Å². The van der Waals surface area contributed by atoms with Gasteiger partial charge in [-0.1, -0.05) is 6.92 Å². The Kier molecular flexibility index (Phi) is 5.69. The Labute approximate surface area is 103 Å². The molecule has 0 unspecified atom stereocenters. The number of nitrogens with zero attached hydrogens (tertiary/aromatic N) is 3. The van der Waals surface area contributed by atoms with Crippen LogP contribution in [0.5, 0.6) is 5.88 Å². The van der Waals surface area contributed by atoms with Gasteiger partial charge in [0.25, 0.3) is 0 Å². The minimum absolute atomic E-state index is 0.319. The molecule has 0 amide bonds. The van der Waals surface area contributed by atoms with Crippen LogP contribution in [0.1, 0.15) is 27.2 Å². The Bertz CT molecular complexity index is 330. The largest absolute Gasteiger partial charge is 0.478 e. The van der Waals surface area contributed by atoms with Gasteiger partial charge in [-0.2, -0.15) is 4.98 Å². The summed E-state index contributed by atoms with van der Waals surface area (Å²) in [6.07, 6.45) is 2.69. The smallest absolute Gasteiger partial charge is 0.228 e. The van der Waals surface area contributed by atoms with E-state index in [1.54, 1.807) is 12.3 Å². The van der Waals surface area contributed by atoms with Gasteiger partial charge in [-0.3, -0.25) is 0 Å². The number of aromatic nitrogens is 2. The van der Waals surface area contributed by atoms with Gasteiger partial charge >= 0.3 is 0 Å². The zero-order chi connectivity index (χ0) is 12.7. The molecule has 0 radical (unpaired) electrons. The first-order chi connectivity index (χ1) is 8.19. The van der Waals surface area contributed by atoms with Crippen LogP contribution >= 0.6 is 0 Å². The van der Waals surface area contributed by atoms with E-state index in [0.29, 0.717) is 31.0 Å². The van der Waals surface area contributed by atoms with Crippen LogP contribution in [0, 0.1) is 0 Å². The fourth-order valence-electron chi connectivity index (χ4n) is 1.49. The lowest BCUT2D eigenvalue weighted by Gasteiger charge is -2.26. The molecule has 1 heterocycles. The number of rotatable bonds is 7. The normalized spacial score (nSPS) is 10.6. The Morgan fingerprint density at radius 1 is 1.47 bits per heavy atom. The van der Waals surface area contributed by atoms with Gasteiger partial charge in [0.15, 0.2) is 0 Å². The number of hydrogen-bond donors (Lipinski definition) is 1. The molecule has 0 aliphatic carbocycles. The van der Waals surface area contributed by atoms with E-state index in [2.05, 4.69) is 35.6 Å². The van der Waals surface area contributed by atoms with Gasteiger partial charge < -0.3 is 15.4 Å². The van der Waals surface area contributed by atoms with Crippen LogP contribution in [-0.2, 0) is 0 Å². The number of anilines is 1. The van der Waals surface area contributed by atoms with Crippen molar-refractivity contribution in [3.05, 3.63) is 12.3 Å². The average Bonchev–Trinajstić information content (AvgIpc) is 2.33. The van der Waals surface area contributed by atoms with Gasteiger partial charge in [0.2, 0.25) is 11.8 Å². The van der Waals surface area contributed by atoms with Crippen LogP contribution in [0.2, 0.25) is 0 Å². The predicted octanol–water partition coefficient (Wildman–Crippen LogP) is 1.44. The van der Waals surface area contributed by atoms with Gasteiger partial charge in [0.1, 0.15) is 0 Å². The highest BCUT2D eigenvalue weighted by atomic mass is 16.5.